The Balaban J connectivity index is 3.44. The fourth-order valence-electron chi connectivity index (χ4n) is 0.852. The number of hydrogen-bond acceptors (Lipinski definition) is 5. The van der Waals surface area contributed by atoms with Gasteiger partial charge in [-0.3, -0.25) is 0 Å². The van der Waals surface area contributed by atoms with Gasteiger partial charge in [0.15, 0.2) is 11.4 Å². The van der Waals surface area contributed by atoms with Gasteiger partial charge in [-0.05, 0) is 12.1 Å². The predicted molar refractivity (Wildman–Crippen MR) is 41.5 cm³/mol. The number of benzene rings is 1. The molecule has 0 amide bonds. The van der Waals surface area contributed by atoms with Gasteiger partial charge in [-0.1, -0.05) is 0 Å². The SMILES string of the molecule is N=Nc1c(O)ccc(C(=O)O)c1O. The highest BCUT2D eigenvalue weighted by Crippen LogP contribution is 2.38. The van der Waals surface area contributed by atoms with E-state index >= 15 is 0 Å². The van der Waals surface area contributed by atoms with Crippen LogP contribution in [0.2, 0.25) is 0 Å². The molecular weight excluding hydrogens is 176 g/mol. The maximum atomic E-state index is 10.5. The highest BCUT2D eigenvalue weighted by molar-refractivity contribution is 5.93. The van der Waals surface area contributed by atoms with Crippen LogP contribution in [0.15, 0.2) is 17.2 Å². The fourth-order valence-corrected chi connectivity index (χ4v) is 0.852. The molecule has 4 N–H and O–H groups in total. The lowest BCUT2D eigenvalue weighted by Crippen LogP contribution is -1.96. The Morgan fingerprint density at radius 3 is 2.46 bits per heavy atom. The number of hydrogen-bond donors (Lipinski definition) is 4. The number of rotatable bonds is 2. The second kappa shape index (κ2) is 3.10. The third kappa shape index (κ3) is 1.41. The molecule has 1 rings (SSSR count). The van der Waals surface area contributed by atoms with Crippen molar-refractivity contribution in [1.29, 1.82) is 5.53 Å². The maximum Gasteiger partial charge on any atom is 0.339 e. The summed E-state index contributed by atoms with van der Waals surface area (Å²) >= 11 is 0. The highest BCUT2D eigenvalue weighted by Gasteiger charge is 2.16. The lowest BCUT2D eigenvalue weighted by molar-refractivity contribution is 0.0694. The van der Waals surface area contributed by atoms with Gasteiger partial charge in [0, 0.05) is 0 Å². The van der Waals surface area contributed by atoms with Gasteiger partial charge < -0.3 is 15.3 Å². The summed E-state index contributed by atoms with van der Waals surface area (Å²) in [4.78, 5) is 10.5. The van der Waals surface area contributed by atoms with Crippen LogP contribution < -0.4 is 0 Å². The van der Waals surface area contributed by atoms with Crippen LogP contribution >= 0.6 is 0 Å². The minimum atomic E-state index is -1.34. The number of carboxylic acids is 1. The number of aromatic hydroxyl groups is 2. The first-order chi connectivity index (χ1) is 6.07. The molecular formula is C7H6N2O4. The summed E-state index contributed by atoms with van der Waals surface area (Å²) < 4.78 is 0. The third-order valence-corrected chi connectivity index (χ3v) is 1.47. The van der Waals surface area contributed by atoms with E-state index in [1.165, 1.54) is 0 Å². The second-order valence-electron chi connectivity index (χ2n) is 2.25. The minimum Gasteiger partial charge on any atom is -0.505 e. The summed E-state index contributed by atoms with van der Waals surface area (Å²) in [6.07, 6.45) is 0. The van der Waals surface area contributed by atoms with Crippen LogP contribution in [0.4, 0.5) is 5.69 Å². The molecule has 0 aliphatic carbocycles. The zero-order valence-electron chi connectivity index (χ0n) is 6.35. The molecule has 0 saturated heterocycles. The first kappa shape index (κ1) is 8.98. The van der Waals surface area contributed by atoms with Crippen molar-refractivity contribution in [2.45, 2.75) is 0 Å². The fraction of sp³-hybridized carbons (Fsp3) is 0. The van der Waals surface area contributed by atoms with E-state index < -0.39 is 28.7 Å². The van der Waals surface area contributed by atoms with E-state index in [9.17, 15) is 9.90 Å². The van der Waals surface area contributed by atoms with Gasteiger partial charge in [-0.25, -0.2) is 10.3 Å². The number of nitrogens with zero attached hydrogens (tertiary/aromatic N) is 1. The Morgan fingerprint density at radius 1 is 1.38 bits per heavy atom. The van der Waals surface area contributed by atoms with Crippen molar-refractivity contribution in [3.05, 3.63) is 17.7 Å². The van der Waals surface area contributed by atoms with Gasteiger partial charge in [0.1, 0.15) is 11.3 Å². The van der Waals surface area contributed by atoms with Crippen LogP contribution in [0, 0.1) is 5.53 Å². The topological polar surface area (TPSA) is 114 Å². The standard InChI is InChI=1S/C7H6N2O4/c8-9-5-4(10)2-1-3(6(5)11)7(12)13/h1-2,8,10-11H,(H,12,13). The van der Waals surface area contributed by atoms with E-state index in [1.54, 1.807) is 0 Å². The summed E-state index contributed by atoms with van der Waals surface area (Å²) in [5.41, 5.74) is 5.73. The van der Waals surface area contributed by atoms with E-state index in [1.807, 2.05) is 0 Å². The Hall–Kier alpha value is -2.11. The zero-order chi connectivity index (χ0) is 10.0. The smallest absolute Gasteiger partial charge is 0.339 e. The van der Waals surface area contributed by atoms with Crippen LogP contribution in [0.1, 0.15) is 10.4 Å². The number of phenols is 2. The minimum absolute atomic E-state index is 0.399. The van der Waals surface area contributed by atoms with Gasteiger partial charge in [0.25, 0.3) is 0 Å². The molecule has 13 heavy (non-hydrogen) atoms. The second-order valence-corrected chi connectivity index (χ2v) is 2.25. The first-order valence-electron chi connectivity index (χ1n) is 3.23. The van der Waals surface area contributed by atoms with Gasteiger partial charge >= 0.3 is 5.97 Å². The summed E-state index contributed by atoms with van der Waals surface area (Å²) in [5, 5.41) is 29.5. The molecule has 0 aliphatic rings. The molecule has 0 atom stereocenters. The quantitative estimate of drug-likeness (QED) is 0.518. The van der Waals surface area contributed by atoms with E-state index in [0.717, 1.165) is 12.1 Å². The van der Waals surface area contributed by atoms with E-state index in [4.69, 9.17) is 15.7 Å². The molecule has 0 radical (unpaired) electrons. The molecule has 6 heteroatoms. The predicted octanol–water partition coefficient (Wildman–Crippen LogP) is 1.46. The van der Waals surface area contributed by atoms with E-state index in [-0.39, 0.29) is 0 Å². The van der Waals surface area contributed by atoms with Crippen molar-refractivity contribution in [3.63, 3.8) is 0 Å². The molecule has 0 unspecified atom stereocenters. The van der Waals surface area contributed by atoms with Crippen LogP contribution in [-0.2, 0) is 0 Å². The van der Waals surface area contributed by atoms with Gasteiger partial charge in [-0.2, -0.15) is 5.11 Å². The number of nitrogens with one attached hydrogen (secondary N) is 1. The molecule has 0 heterocycles. The van der Waals surface area contributed by atoms with Crippen molar-refractivity contribution >= 4 is 11.7 Å². The van der Waals surface area contributed by atoms with Crippen LogP contribution in [0.3, 0.4) is 0 Å². The average molecular weight is 182 g/mol. The molecule has 0 spiro atoms. The van der Waals surface area contributed by atoms with Crippen molar-refractivity contribution in [2.24, 2.45) is 5.11 Å². The molecule has 1 aromatic carbocycles. The molecule has 1 aromatic rings. The third-order valence-electron chi connectivity index (χ3n) is 1.47. The number of aromatic carboxylic acids is 1. The number of carbonyl (C=O) groups is 1. The van der Waals surface area contributed by atoms with Crippen molar-refractivity contribution in [1.82, 2.24) is 0 Å². The molecule has 0 fully saturated rings. The number of phenolic OH excluding ortho intramolecular Hbond substituents is 1. The van der Waals surface area contributed by atoms with Gasteiger partial charge in [-0.15, -0.1) is 0 Å². The average Bonchev–Trinajstić information content (AvgIpc) is 2.04. The Kier molecular flexibility index (Phi) is 2.14. The van der Waals surface area contributed by atoms with E-state index in [2.05, 4.69) is 5.11 Å². The monoisotopic (exact) mass is 182 g/mol. The van der Waals surface area contributed by atoms with Gasteiger partial charge in [0.2, 0.25) is 0 Å². The van der Waals surface area contributed by atoms with Gasteiger partial charge in [0.05, 0.1) is 0 Å². The highest BCUT2D eigenvalue weighted by atomic mass is 16.4. The number of carboxylic acid groups (broad SMARTS) is 1. The molecule has 0 aromatic heterocycles. The summed E-state index contributed by atoms with van der Waals surface area (Å²) in [5.74, 6) is -2.48. The largest absolute Gasteiger partial charge is 0.505 e. The maximum absolute atomic E-state index is 10.5. The Bertz CT molecular complexity index is 375. The van der Waals surface area contributed by atoms with Crippen LogP contribution in [0.25, 0.3) is 0 Å². The van der Waals surface area contributed by atoms with E-state index in [0.29, 0.717) is 0 Å². The van der Waals surface area contributed by atoms with Crippen molar-refractivity contribution in [3.8, 4) is 11.5 Å². The molecule has 0 saturated carbocycles. The Labute approximate surface area is 72.6 Å². The first-order valence-corrected chi connectivity index (χ1v) is 3.23. The summed E-state index contributed by atoms with van der Waals surface area (Å²) in [6.45, 7) is 0. The molecule has 6 nitrogen and oxygen atoms in total. The zero-order valence-corrected chi connectivity index (χ0v) is 6.35. The van der Waals surface area contributed by atoms with Crippen molar-refractivity contribution in [2.75, 3.05) is 0 Å². The summed E-state index contributed by atoms with van der Waals surface area (Å²) in [7, 11) is 0. The lowest BCUT2D eigenvalue weighted by atomic mass is 10.1. The molecule has 0 bridgehead atoms. The Morgan fingerprint density at radius 2 is 2.00 bits per heavy atom. The normalized spacial score (nSPS) is 9.54. The molecule has 0 aliphatic heterocycles. The van der Waals surface area contributed by atoms with Crippen molar-refractivity contribution < 1.29 is 20.1 Å². The molecule has 68 valence electrons. The van der Waals surface area contributed by atoms with Crippen LogP contribution in [-0.4, -0.2) is 21.3 Å². The van der Waals surface area contributed by atoms with Crippen LogP contribution in [0.5, 0.6) is 11.5 Å². The summed E-state index contributed by atoms with van der Waals surface area (Å²) in [6, 6.07) is 2.08. The lowest BCUT2D eigenvalue weighted by Gasteiger charge is -2.02.